The summed E-state index contributed by atoms with van der Waals surface area (Å²) in [6, 6.07) is 8.93. The van der Waals surface area contributed by atoms with Gasteiger partial charge in [0.05, 0.1) is 23.5 Å². The fourth-order valence-corrected chi connectivity index (χ4v) is 3.49. The molecule has 4 rings (SSSR count). The van der Waals surface area contributed by atoms with E-state index in [1.165, 1.54) is 6.07 Å². The highest BCUT2D eigenvalue weighted by atomic mass is 16.2. The molecule has 4 aromatic rings. The zero-order chi connectivity index (χ0) is 20.5. The van der Waals surface area contributed by atoms with E-state index in [1.54, 1.807) is 24.9 Å². The van der Waals surface area contributed by atoms with Crippen molar-refractivity contribution in [2.75, 3.05) is 0 Å². The highest BCUT2D eigenvalue weighted by Crippen LogP contribution is 2.24. The van der Waals surface area contributed by atoms with Gasteiger partial charge in [0.2, 0.25) is 0 Å². The predicted molar refractivity (Wildman–Crippen MR) is 110 cm³/mol. The lowest BCUT2D eigenvalue weighted by molar-refractivity contribution is 0.0935. The van der Waals surface area contributed by atoms with Gasteiger partial charge in [-0.1, -0.05) is 18.2 Å². The van der Waals surface area contributed by atoms with Crippen LogP contribution >= 0.6 is 0 Å². The summed E-state index contributed by atoms with van der Waals surface area (Å²) in [6.07, 6.45) is 3.97. The zero-order valence-corrected chi connectivity index (χ0v) is 16.5. The quantitative estimate of drug-likeness (QED) is 0.486. The number of aryl methyl sites for hydroxylation is 2. The van der Waals surface area contributed by atoms with Crippen LogP contribution < -0.4 is 10.9 Å². The van der Waals surface area contributed by atoms with Crippen molar-refractivity contribution < 1.29 is 4.79 Å². The van der Waals surface area contributed by atoms with Gasteiger partial charge in [-0.2, -0.15) is 5.10 Å². The van der Waals surface area contributed by atoms with Crippen LogP contribution in [0.5, 0.6) is 0 Å². The first-order valence-electron chi connectivity index (χ1n) is 9.34. The molecular formula is C21H22N6O2. The maximum Gasteiger partial charge on any atom is 0.255 e. The highest BCUT2D eigenvalue weighted by molar-refractivity contribution is 5.95. The molecule has 148 valence electrons. The molecule has 0 fully saturated rings. The first-order chi connectivity index (χ1) is 13.9. The first kappa shape index (κ1) is 18.7. The van der Waals surface area contributed by atoms with Gasteiger partial charge >= 0.3 is 0 Å². The van der Waals surface area contributed by atoms with Crippen molar-refractivity contribution in [3.8, 4) is 0 Å². The van der Waals surface area contributed by atoms with E-state index in [2.05, 4.69) is 25.4 Å². The number of benzene rings is 1. The van der Waals surface area contributed by atoms with Crippen LogP contribution in [0.4, 0.5) is 0 Å². The molecule has 0 radical (unpaired) electrons. The van der Waals surface area contributed by atoms with E-state index in [4.69, 9.17) is 0 Å². The Bertz CT molecular complexity index is 1250. The average molecular weight is 390 g/mol. The second kappa shape index (κ2) is 7.38. The number of amides is 1. The zero-order valence-electron chi connectivity index (χ0n) is 16.5. The normalized spacial score (nSPS) is 12.2. The minimum absolute atomic E-state index is 0.247. The highest BCUT2D eigenvalue weighted by Gasteiger charge is 2.22. The van der Waals surface area contributed by atoms with Gasteiger partial charge in [-0.15, -0.1) is 0 Å². The van der Waals surface area contributed by atoms with E-state index in [9.17, 15) is 9.59 Å². The number of para-hydroxylation sites is 1. The van der Waals surface area contributed by atoms with Crippen LogP contribution in [0, 0.1) is 13.8 Å². The third-order valence-electron chi connectivity index (χ3n) is 5.12. The number of hydrogen-bond donors (Lipinski definition) is 3. The molecule has 0 aliphatic rings. The molecule has 8 nitrogen and oxygen atoms in total. The number of rotatable bonds is 5. The number of nitrogens with zero attached hydrogens (tertiary/aromatic N) is 3. The lowest BCUT2D eigenvalue weighted by Crippen LogP contribution is -2.32. The molecule has 8 heteroatoms. The molecule has 3 aromatic heterocycles. The molecule has 1 amide bonds. The summed E-state index contributed by atoms with van der Waals surface area (Å²) in [5.41, 5.74) is 3.59. The average Bonchev–Trinajstić information content (AvgIpc) is 3.24. The molecule has 1 unspecified atom stereocenters. The van der Waals surface area contributed by atoms with E-state index in [1.807, 2.05) is 37.4 Å². The minimum atomic E-state index is -0.470. The summed E-state index contributed by atoms with van der Waals surface area (Å²) in [7, 11) is 1.79. The molecular weight excluding hydrogens is 368 g/mol. The fourth-order valence-electron chi connectivity index (χ4n) is 3.49. The first-order valence-corrected chi connectivity index (χ1v) is 9.34. The van der Waals surface area contributed by atoms with Gasteiger partial charge < -0.3 is 15.3 Å². The third-order valence-corrected chi connectivity index (χ3v) is 5.12. The van der Waals surface area contributed by atoms with Crippen LogP contribution in [-0.4, -0.2) is 30.6 Å². The molecule has 1 aromatic carbocycles. The largest absolute Gasteiger partial charge is 0.361 e. The molecule has 0 aliphatic carbocycles. The van der Waals surface area contributed by atoms with Gasteiger partial charge in [-0.05, 0) is 25.5 Å². The fraction of sp³-hybridized carbons (Fsp3) is 0.238. The van der Waals surface area contributed by atoms with Crippen LogP contribution in [-0.2, 0) is 13.5 Å². The maximum atomic E-state index is 12.9. The number of nitrogens with one attached hydrogen (secondary N) is 3. The number of fused-ring (bicyclic) bond motifs is 1. The van der Waals surface area contributed by atoms with Gasteiger partial charge in [0.1, 0.15) is 5.82 Å². The third kappa shape index (κ3) is 3.69. The lowest BCUT2D eigenvalue weighted by Gasteiger charge is -2.18. The molecule has 1 atom stereocenters. The van der Waals surface area contributed by atoms with Crippen molar-refractivity contribution in [1.29, 1.82) is 0 Å². The van der Waals surface area contributed by atoms with Crippen molar-refractivity contribution in [2.45, 2.75) is 26.3 Å². The van der Waals surface area contributed by atoms with Gasteiger partial charge in [-0.25, -0.2) is 4.98 Å². The molecule has 0 saturated carbocycles. The summed E-state index contributed by atoms with van der Waals surface area (Å²) < 4.78 is 1.65. The van der Waals surface area contributed by atoms with Crippen molar-refractivity contribution in [3.05, 3.63) is 81.4 Å². The van der Waals surface area contributed by atoms with E-state index in [-0.39, 0.29) is 11.5 Å². The molecule has 0 saturated heterocycles. The van der Waals surface area contributed by atoms with Crippen LogP contribution in [0.15, 0.2) is 47.5 Å². The lowest BCUT2D eigenvalue weighted by atomic mass is 10.0. The van der Waals surface area contributed by atoms with Gasteiger partial charge in [0, 0.05) is 42.3 Å². The number of aromatic nitrogens is 5. The topological polar surface area (TPSA) is 108 Å². The number of aromatic amines is 2. The summed E-state index contributed by atoms with van der Waals surface area (Å²) in [5.74, 6) is 0.253. The summed E-state index contributed by atoms with van der Waals surface area (Å²) in [6.45, 7) is 3.56. The van der Waals surface area contributed by atoms with Gasteiger partial charge in [0.15, 0.2) is 0 Å². The maximum absolute atomic E-state index is 12.9. The second-order valence-electron chi connectivity index (χ2n) is 7.11. The molecule has 0 spiro atoms. The van der Waals surface area contributed by atoms with Gasteiger partial charge in [0.25, 0.3) is 11.5 Å². The van der Waals surface area contributed by atoms with Crippen LogP contribution in [0.2, 0.25) is 0 Å². The summed E-state index contributed by atoms with van der Waals surface area (Å²) in [4.78, 5) is 35.3. The van der Waals surface area contributed by atoms with E-state index >= 15 is 0 Å². The number of carbonyl (C=O) groups excluding carboxylic acids is 1. The Kier molecular flexibility index (Phi) is 4.75. The van der Waals surface area contributed by atoms with Crippen LogP contribution in [0.25, 0.3) is 10.9 Å². The monoisotopic (exact) mass is 390 g/mol. The Morgan fingerprint density at radius 1 is 1.28 bits per heavy atom. The number of H-pyrrole nitrogens is 2. The predicted octanol–water partition coefficient (Wildman–Crippen LogP) is 2.32. The van der Waals surface area contributed by atoms with Crippen LogP contribution in [0.3, 0.4) is 0 Å². The van der Waals surface area contributed by atoms with E-state index in [0.29, 0.717) is 23.5 Å². The van der Waals surface area contributed by atoms with Crippen LogP contribution in [0.1, 0.15) is 39.2 Å². The Morgan fingerprint density at radius 3 is 2.79 bits per heavy atom. The standard InChI is InChI=1S/C21H22N6O2/c1-12-16(11-23-27(12)3)21(29)26-18(19-9-20(28)25-13(2)24-19)8-14-10-22-17-7-5-4-6-15(14)17/h4-7,9-11,18,22H,8H2,1-3H3,(H,26,29)(H,24,25,28). The minimum Gasteiger partial charge on any atom is -0.361 e. The number of carbonyl (C=O) groups is 1. The smallest absolute Gasteiger partial charge is 0.255 e. The van der Waals surface area contributed by atoms with Gasteiger partial charge in [-0.3, -0.25) is 14.3 Å². The van der Waals surface area contributed by atoms with E-state index in [0.717, 1.165) is 22.2 Å². The van der Waals surface area contributed by atoms with E-state index < -0.39 is 6.04 Å². The Morgan fingerprint density at radius 2 is 2.07 bits per heavy atom. The van der Waals surface area contributed by atoms with Crippen molar-refractivity contribution >= 4 is 16.8 Å². The molecule has 0 bridgehead atoms. The Labute approximate surface area is 167 Å². The van der Waals surface area contributed by atoms with Crippen molar-refractivity contribution in [2.24, 2.45) is 7.05 Å². The second-order valence-corrected chi connectivity index (χ2v) is 7.11. The molecule has 29 heavy (non-hydrogen) atoms. The van der Waals surface area contributed by atoms with Crippen molar-refractivity contribution in [3.63, 3.8) is 0 Å². The molecule has 0 aliphatic heterocycles. The Hall–Kier alpha value is -3.68. The summed E-state index contributed by atoms with van der Waals surface area (Å²) >= 11 is 0. The molecule has 3 heterocycles. The summed E-state index contributed by atoms with van der Waals surface area (Å²) in [5, 5.41) is 8.26. The Balaban J connectivity index is 1.71. The number of hydrogen-bond acceptors (Lipinski definition) is 4. The van der Waals surface area contributed by atoms with Crippen molar-refractivity contribution in [1.82, 2.24) is 30.0 Å². The molecule has 3 N–H and O–H groups in total. The SMILES string of the molecule is Cc1nc(C(Cc2c[nH]c3ccccc23)NC(=O)c2cnn(C)c2C)cc(=O)[nH]1.